The number of aromatic nitrogens is 1. The Bertz CT molecular complexity index is 1390. The molecule has 3 aromatic rings. The van der Waals surface area contributed by atoms with Gasteiger partial charge in [-0.3, -0.25) is 9.69 Å². The molecule has 0 spiro atoms. The summed E-state index contributed by atoms with van der Waals surface area (Å²) in [6.07, 6.45) is 4.29. The third-order valence-corrected chi connectivity index (χ3v) is 9.22. The number of piperidine rings is 1. The van der Waals surface area contributed by atoms with E-state index in [0.29, 0.717) is 60.8 Å². The highest BCUT2D eigenvalue weighted by Gasteiger charge is 2.33. The molecule has 5 rings (SSSR count). The maximum atomic E-state index is 14.5. The van der Waals surface area contributed by atoms with Gasteiger partial charge in [0.1, 0.15) is 16.7 Å². The van der Waals surface area contributed by atoms with Gasteiger partial charge in [-0.15, -0.1) is 0 Å². The van der Waals surface area contributed by atoms with Gasteiger partial charge in [-0.05, 0) is 92.7 Å². The first-order valence-electron chi connectivity index (χ1n) is 15.1. The molecule has 7 nitrogen and oxygen atoms in total. The second-order valence-corrected chi connectivity index (χ2v) is 12.1. The van der Waals surface area contributed by atoms with E-state index in [9.17, 15) is 9.18 Å². The van der Waals surface area contributed by atoms with E-state index in [1.807, 2.05) is 42.2 Å². The van der Waals surface area contributed by atoms with Crippen LogP contribution < -0.4 is 10.5 Å². The van der Waals surface area contributed by atoms with Crippen molar-refractivity contribution in [1.29, 1.82) is 0 Å². The summed E-state index contributed by atoms with van der Waals surface area (Å²) in [5, 5.41) is 1.18. The molecule has 1 aromatic heterocycles. The zero-order chi connectivity index (χ0) is 30.3. The van der Waals surface area contributed by atoms with Crippen molar-refractivity contribution in [2.75, 3.05) is 52.4 Å². The Hall–Kier alpha value is -2.75. The van der Waals surface area contributed by atoms with Crippen molar-refractivity contribution in [1.82, 2.24) is 19.7 Å². The number of nitrogens with two attached hydrogens (primary N) is 1. The lowest BCUT2D eigenvalue weighted by Crippen LogP contribution is -2.55. The van der Waals surface area contributed by atoms with Crippen LogP contribution in [0.1, 0.15) is 30.9 Å². The molecule has 230 valence electrons. The number of likely N-dealkylation sites (tertiary alicyclic amines) is 1. The normalized spacial score (nSPS) is 17.7. The minimum atomic E-state index is -0.503. The second kappa shape index (κ2) is 14.8. The van der Waals surface area contributed by atoms with Gasteiger partial charge in [-0.1, -0.05) is 35.3 Å². The molecule has 2 aliphatic rings. The molecule has 10 heteroatoms. The third kappa shape index (κ3) is 7.86. The summed E-state index contributed by atoms with van der Waals surface area (Å²) in [4.78, 5) is 24.1. The van der Waals surface area contributed by atoms with Gasteiger partial charge in [-0.25, -0.2) is 9.37 Å². The van der Waals surface area contributed by atoms with Crippen molar-refractivity contribution < 1.29 is 13.9 Å². The molecule has 2 N–H and O–H groups in total. The number of hydrogen-bond acceptors (Lipinski definition) is 6. The SMILES string of the molecule is CCOc1cccc(F)c1CN1CCN(C(=O)[C@H](N)C2CCN(CCc3cc(Cl)ccc3-c3cccnc3Cl)CC2)CC1. The maximum Gasteiger partial charge on any atom is 0.239 e. The van der Waals surface area contributed by atoms with Gasteiger partial charge >= 0.3 is 0 Å². The highest BCUT2D eigenvalue weighted by molar-refractivity contribution is 6.32. The Morgan fingerprint density at radius 2 is 1.79 bits per heavy atom. The zero-order valence-electron chi connectivity index (χ0n) is 24.7. The summed E-state index contributed by atoms with van der Waals surface area (Å²) in [6.45, 7) is 8.04. The average Bonchev–Trinajstić information content (AvgIpc) is 3.02. The second-order valence-electron chi connectivity index (χ2n) is 11.3. The van der Waals surface area contributed by atoms with Crippen molar-refractivity contribution in [2.24, 2.45) is 11.7 Å². The Balaban J connectivity index is 1.09. The highest BCUT2D eigenvalue weighted by atomic mass is 35.5. The molecule has 1 amide bonds. The van der Waals surface area contributed by atoms with Gasteiger partial charge in [0.2, 0.25) is 5.91 Å². The molecule has 2 aromatic carbocycles. The van der Waals surface area contributed by atoms with Gasteiger partial charge in [0, 0.05) is 61.6 Å². The number of amides is 1. The van der Waals surface area contributed by atoms with Crippen molar-refractivity contribution in [3.05, 3.63) is 81.8 Å². The van der Waals surface area contributed by atoms with Crippen LogP contribution in [0.2, 0.25) is 10.2 Å². The van der Waals surface area contributed by atoms with E-state index in [1.165, 1.54) is 6.07 Å². The fraction of sp³-hybridized carbons (Fsp3) is 0.455. The Labute approximate surface area is 263 Å². The standard InChI is InChI=1S/C33H40Cl2FN5O2/c1-2-43-30-7-3-6-29(36)28(30)22-40-17-19-41(20-18-40)33(42)31(37)23-10-14-39(15-11-23)16-12-24-21-25(34)8-9-26(24)27-5-4-13-38-32(27)35/h3-9,13,21,23,31H,2,10-12,14-20,22,37H2,1H3/t31-/m1/s1. The van der Waals surface area contributed by atoms with Crippen LogP contribution in [-0.2, 0) is 17.8 Å². The predicted molar refractivity (Wildman–Crippen MR) is 170 cm³/mol. The van der Waals surface area contributed by atoms with Crippen LogP contribution >= 0.6 is 23.2 Å². The first kappa shape index (κ1) is 31.7. The number of pyridine rings is 1. The van der Waals surface area contributed by atoms with E-state index in [-0.39, 0.29) is 17.6 Å². The number of ether oxygens (including phenoxy) is 1. The molecule has 0 aliphatic carbocycles. The molecule has 2 aliphatic heterocycles. The van der Waals surface area contributed by atoms with E-state index in [0.717, 1.165) is 55.6 Å². The first-order chi connectivity index (χ1) is 20.8. The molecular weight excluding hydrogens is 588 g/mol. The fourth-order valence-corrected chi connectivity index (χ4v) is 6.59. The van der Waals surface area contributed by atoms with Crippen molar-refractivity contribution in [2.45, 2.75) is 38.8 Å². The fourth-order valence-electron chi connectivity index (χ4n) is 6.18. The highest BCUT2D eigenvalue weighted by Crippen LogP contribution is 2.32. The third-order valence-electron chi connectivity index (χ3n) is 8.68. The monoisotopic (exact) mass is 627 g/mol. The number of carbonyl (C=O) groups is 1. The lowest BCUT2D eigenvalue weighted by atomic mass is 9.88. The minimum absolute atomic E-state index is 0.0240. The molecular formula is C33H40Cl2FN5O2. The van der Waals surface area contributed by atoms with Crippen LogP contribution in [0.25, 0.3) is 11.1 Å². The summed E-state index contributed by atoms with van der Waals surface area (Å²) in [5.41, 5.74) is 10.2. The summed E-state index contributed by atoms with van der Waals surface area (Å²) in [7, 11) is 0. The van der Waals surface area contributed by atoms with E-state index in [2.05, 4.69) is 14.8 Å². The average molecular weight is 629 g/mol. The molecule has 0 unspecified atom stereocenters. The molecule has 0 radical (unpaired) electrons. The molecule has 0 bridgehead atoms. The van der Waals surface area contributed by atoms with E-state index in [4.69, 9.17) is 33.7 Å². The topological polar surface area (TPSA) is 74.9 Å². The van der Waals surface area contributed by atoms with Crippen LogP contribution in [0, 0.1) is 11.7 Å². The Kier molecular flexibility index (Phi) is 10.9. The predicted octanol–water partition coefficient (Wildman–Crippen LogP) is 5.52. The lowest BCUT2D eigenvalue weighted by Gasteiger charge is -2.39. The zero-order valence-corrected chi connectivity index (χ0v) is 26.2. The van der Waals surface area contributed by atoms with Crippen LogP contribution in [0.5, 0.6) is 5.75 Å². The van der Waals surface area contributed by atoms with Crippen LogP contribution in [0.4, 0.5) is 4.39 Å². The van der Waals surface area contributed by atoms with Crippen LogP contribution in [-0.4, -0.2) is 84.1 Å². The van der Waals surface area contributed by atoms with Crippen molar-refractivity contribution in [3.63, 3.8) is 0 Å². The van der Waals surface area contributed by atoms with Gasteiger partial charge in [-0.2, -0.15) is 0 Å². The van der Waals surface area contributed by atoms with Crippen LogP contribution in [0.15, 0.2) is 54.7 Å². The number of rotatable bonds is 10. The van der Waals surface area contributed by atoms with E-state index in [1.54, 1.807) is 18.3 Å². The Morgan fingerprint density at radius 1 is 1.02 bits per heavy atom. The summed E-state index contributed by atoms with van der Waals surface area (Å²) in [6, 6.07) is 14.2. The van der Waals surface area contributed by atoms with Crippen molar-refractivity contribution in [3.8, 4) is 16.9 Å². The van der Waals surface area contributed by atoms with Gasteiger partial charge in [0.05, 0.1) is 12.6 Å². The quantitative estimate of drug-likeness (QED) is 0.298. The van der Waals surface area contributed by atoms with Gasteiger partial charge in [0.25, 0.3) is 0 Å². The van der Waals surface area contributed by atoms with Gasteiger partial charge < -0.3 is 20.3 Å². The smallest absolute Gasteiger partial charge is 0.239 e. The molecule has 2 fully saturated rings. The summed E-state index contributed by atoms with van der Waals surface area (Å²) in [5.74, 6) is 0.504. The molecule has 1 atom stereocenters. The Morgan fingerprint density at radius 3 is 2.51 bits per heavy atom. The number of halogens is 3. The molecule has 0 saturated carbocycles. The minimum Gasteiger partial charge on any atom is -0.493 e. The maximum absolute atomic E-state index is 14.5. The summed E-state index contributed by atoms with van der Waals surface area (Å²) >= 11 is 12.7. The number of nitrogens with zero attached hydrogens (tertiary/aromatic N) is 4. The molecule has 2 saturated heterocycles. The van der Waals surface area contributed by atoms with E-state index < -0.39 is 6.04 Å². The molecule has 3 heterocycles. The van der Waals surface area contributed by atoms with Crippen molar-refractivity contribution >= 4 is 29.1 Å². The largest absolute Gasteiger partial charge is 0.493 e. The summed E-state index contributed by atoms with van der Waals surface area (Å²) < 4.78 is 20.2. The molecule has 43 heavy (non-hydrogen) atoms. The number of benzene rings is 2. The lowest BCUT2D eigenvalue weighted by molar-refractivity contribution is -0.136. The number of carbonyl (C=O) groups excluding carboxylic acids is 1. The van der Waals surface area contributed by atoms with Gasteiger partial charge in [0.15, 0.2) is 0 Å². The number of piperazine rings is 1. The first-order valence-corrected chi connectivity index (χ1v) is 15.9. The number of hydrogen-bond donors (Lipinski definition) is 1. The van der Waals surface area contributed by atoms with Crippen LogP contribution in [0.3, 0.4) is 0 Å². The van der Waals surface area contributed by atoms with E-state index >= 15 is 0 Å².